The van der Waals surface area contributed by atoms with Crippen molar-refractivity contribution in [1.82, 2.24) is 16.2 Å². The Bertz CT molecular complexity index is 417. The quantitative estimate of drug-likeness (QED) is 0.406. The lowest BCUT2D eigenvalue weighted by molar-refractivity contribution is 0.415. The summed E-state index contributed by atoms with van der Waals surface area (Å²) in [4.78, 5) is 0. The van der Waals surface area contributed by atoms with Gasteiger partial charge in [0.1, 0.15) is 5.75 Å². The zero-order chi connectivity index (χ0) is 14.1. The first-order valence-electron chi connectivity index (χ1n) is 6.30. The largest absolute Gasteiger partial charge is 0.497 e. The van der Waals surface area contributed by atoms with Gasteiger partial charge in [-0.1, -0.05) is 19.9 Å². The summed E-state index contributed by atoms with van der Waals surface area (Å²) in [5.41, 5.74) is 7.61. The molecule has 0 heterocycles. The maximum atomic E-state index is 5.13. The second kappa shape index (κ2) is 8.37. The molecular weight excluding hydrogens is 258 g/mol. The Morgan fingerprint density at radius 3 is 2.53 bits per heavy atom. The fourth-order valence-electron chi connectivity index (χ4n) is 1.42. The van der Waals surface area contributed by atoms with Crippen LogP contribution >= 0.6 is 12.2 Å². The molecule has 0 saturated heterocycles. The van der Waals surface area contributed by atoms with Gasteiger partial charge in [0, 0.05) is 6.54 Å². The van der Waals surface area contributed by atoms with Crippen LogP contribution in [0.25, 0.3) is 5.70 Å². The average Bonchev–Trinajstić information content (AvgIpc) is 2.45. The molecule has 4 nitrogen and oxygen atoms in total. The van der Waals surface area contributed by atoms with Crippen LogP contribution in [0.1, 0.15) is 25.3 Å². The van der Waals surface area contributed by atoms with Crippen LogP contribution in [0, 0.1) is 0 Å². The second-order valence-corrected chi connectivity index (χ2v) is 4.47. The molecule has 0 unspecified atom stereocenters. The molecule has 0 atom stereocenters. The van der Waals surface area contributed by atoms with Crippen LogP contribution in [0.15, 0.2) is 30.8 Å². The minimum absolute atomic E-state index is 0.572. The van der Waals surface area contributed by atoms with E-state index in [0.717, 1.165) is 36.4 Å². The predicted octanol–water partition coefficient (Wildman–Crippen LogP) is 2.43. The number of ether oxygens (including phenoxy) is 1. The lowest BCUT2D eigenvalue weighted by Gasteiger charge is -2.14. The first kappa shape index (κ1) is 15.3. The highest BCUT2D eigenvalue weighted by Crippen LogP contribution is 2.14. The molecule has 0 spiro atoms. The van der Waals surface area contributed by atoms with E-state index in [-0.39, 0.29) is 0 Å². The maximum Gasteiger partial charge on any atom is 0.185 e. The van der Waals surface area contributed by atoms with E-state index in [2.05, 4.69) is 29.7 Å². The van der Waals surface area contributed by atoms with Crippen molar-refractivity contribution in [3.05, 3.63) is 36.4 Å². The highest BCUT2D eigenvalue weighted by atomic mass is 32.1. The van der Waals surface area contributed by atoms with Crippen molar-refractivity contribution in [2.75, 3.05) is 13.7 Å². The molecule has 0 amide bonds. The summed E-state index contributed by atoms with van der Waals surface area (Å²) in [5, 5.41) is 3.68. The normalized spacial score (nSPS) is 9.58. The van der Waals surface area contributed by atoms with Gasteiger partial charge in [0.25, 0.3) is 0 Å². The number of hydrazine groups is 1. The molecular formula is C14H21N3OS. The van der Waals surface area contributed by atoms with Crippen molar-refractivity contribution in [3.63, 3.8) is 0 Å². The van der Waals surface area contributed by atoms with Gasteiger partial charge in [-0.3, -0.25) is 10.9 Å². The van der Waals surface area contributed by atoms with Crippen LogP contribution < -0.4 is 20.9 Å². The molecule has 1 aromatic carbocycles. The average molecular weight is 279 g/mol. The molecule has 0 aliphatic carbocycles. The molecule has 3 N–H and O–H groups in total. The number of methoxy groups -OCH3 is 1. The van der Waals surface area contributed by atoms with Gasteiger partial charge >= 0.3 is 0 Å². The summed E-state index contributed by atoms with van der Waals surface area (Å²) >= 11 is 5.13. The Hall–Kier alpha value is -1.75. The Labute approximate surface area is 120 Å². The molecule has 1 aromatic rings. The second-order valence-electron chi connectivity index (χ2n) is 4.07. The van der Waals surface area contributed by atoms with E-state index in [1.54, 1.807) is 7.11 Å². The Balaban J connectivity index is 2.35. The molecule has 0 aliphatic heterocycles. The molecule has 0 aromatic heterocycles. The Kier molecular flexibility index (Phi) is 6.74. The van der Waals surface area contributed by atoms with Crippen molar-refractivity contribution < 1.29 is 4.74 Å². The summed E-state index contributed by atoms with van der Waals surface area (Å²) in [7, 11) is 1.64. The van der Waals surface area contributed by atoms with E-state index in [4.69, 9.17) is 17.0 Å². The maximum absolute atomic E-state index is 5.13. The fourth-order valence-corrected chi connectivity index (χ4v) is 1.57. The molecule has 5 heteroatoms. The zero-order valence-electron chi connectivity index (χ0n) is 11.5. The number of nitrogens with one attached hydrogen (secondary N) is 3. The van der Waals surface area contributed by atoms with Crippen LogP contribution in [0.5, 0.6) is 5.75 Å². The lowest BCUT2D eigenvalue weighted by Crippen LogP contribution is -2.43. The van der Waals surface area contributed by atoms with Crippen LogP contribution in [-0.2, 0) is 0 Å². The SMILES string of the molecule is C=C(NNC(=S)NCCCC)c1ccc(OC)cc1. The first-order chi connectivity index (χ1) is 9.17. The highest BCUT2D eigenvalue weighted by Gasteiger charge is 2.00. The van der Waals surface area contributed by atoms with E-state index >= 15 is 0 Å². The van der Waals surface area contributed by atoms with Gasteiger partial charge in [0.2, 0.25) is 0 Å². The van der Waals surface area contributed by atoms with Gasteiger partial charge in [-0.05, 0) is 48.5 Å². The van der Waals surface area contributed by atoms with Crippen LogP contribution in [0.2, 0.25) is 0 Å². The molecule has 0 bridgehead atoms. The first-order valence-corrected chi connectivity index (χ1v) is 6.71. The Morgan fingerprint density at radius 1 is 1.26 bits per heavy atom. The Morgan fingerprint density at radius 2 is 1.95 bits per heavy atom. The number of benzene rings is 1. The summed E-state index contributed by atoms with van der Waals surface area (Å²) < 4.78 is 5.11. The van der Waals surface area contributed by atoms with E-state index in [9.17, 15) is 0 Å². The number of hydrogen-bond acceptors (Lipinski definition) is 3. The van der Waals surface area contributed by atoms with Gasteiger partial charge in [-0.2, -0.15) is 0 Å². The number of rotatable bonds is 7. The highest BCUT2D eigenvalue weighted by molar-refractivity contribution is 7.80. The third-order valence-corrected chi connectivity index (χ3v) is 2.83. The van der Waals surface area contributed by atoms with Crippen molar-refractivity contribution in [2.45, 2.75) is 19.8 Å². The molecule has 0 fully saturated rings. The third kappa shape index (κ3) is 5.61. The molecule has 104 valence electrons. The summed E-state index contributed by atoms with van der Waals surface area (Å²) in [5.74, 6) is 0.821. The van der Waals surface area contributed by atoms with Gasteiger partial charge in [-0.25, -0.2) is 0 Å². The summed E-state index contributed by atoms with van der Waals surface area (Å²) in [6.07, 6.45) is 2.24. The molecule has 0 aliphatic rings. The van der Waals surface area contributed by atoms with Crippen LogP contribution in [0.4, 0.5) is 0 Å². The molecule has 19 heavy (non-hydrogen) atoms. The third-order valence-electron chi connectivity index (χ3n) is 2.58. The predicted molar refractivity (Wildman–Crippen MR) is 83.8 cm³/mol. The van der Waals surface area contributed by atoms with E-state index in [1.165, 1.54) is 0 Å². The molecule has 1 rings (SSSR count). The van der Waals surface area contributed by atoms with Gasteiger partial charge < -0.3 is 10.1 Å². The number of hydrogen-bond donors (Lipinski definition) is 3. The van der Waals surface area contributed by atoms with E-state index in [1.807, 2.05) is 24.3 Å². The van der Waals surface area contributed by atoms with Crippen LogP contribution in [0.3, 0.4) is 0 Å². The van der Waals surface area contributed by atoms with Crippen molar-refractivity contribution in [1.29, 1.82) is 0 Å². The smallest absolute Gasteiger partial charge is 0.185 e. The van der Waals surface area contributed by atoms with E-state index in [0.29, 0.717) is 5.11 Å². The summed E-state index contributed by atoms with van der Waals surface area (Å²) in [6, 6.07) is 7.65. The minimum atomic E-state index is 0.572. The fraction of sp³-hybridized carbons (Fsp3) is 0.357. The molecule has 0 saturated carbocycles. The topological polar surface area (TPSA) is 45.3 Å². The minimum Gasteiger partial charge on any atom is -0.497 e. The van der Waals surface area contributed by atoms with E-state index < -0.39 is 0 Å². The van der Waals surface area contributed by atoms with Gasteiger partial charge in [-0.15, -0.1) is 0 Å². The monoisotopic (exact) mass is 279 g/mol. The summed E-state index contributed by atoms with van der Waals surface area (Å²) in [6.45, 7) is 6.96. The number of thiocarbonyl (C=S) groups is 1. The van der Waals surface area contributed by atoms with Gasteiger partial charge in [0.15, 0.2) is 5.11 Å². The van der Waals surface area contributed by atoms with Crippen molar-refractivity contribution in [2.24, 2.45) is 0 Å². The zero-order valence-corrected chi connectivity index (χ0v) is 12.3. The van der Waals surface area contributed by atoms with Crippen molar-refractivity contribution >= 4 is 23.0 Å². The van der Waals surface area contributed by atoms with Crippen LogP contribution in [-0.4, -0.2) is 18.8 Å². The van der Waals surface area contributed by atoms with Crippen molar-refractivity contribution in [3.8, 4) is 5.75 Å². The lowest BCUT2D eigenvalue weighted by atomic mass is 10.2. The molecule has 0 radical (unpaired) electrons. The number of unbranched alkanes of at least 4 members (excludes halogenated alkanes) is 1. The standard InChI is InChI=1S/C14H21N3OS/c1-4-5-10-15-14(19)17-16-11(2)12-6-8-13(18-3)9-7-12/h6-9,16H,2,4-5,10H2,1,3H3,(H2,15,17,19). The van der Waals surface area contributed by atoms with Gasteiger partial charge in [0.05, 0.1) is 12.8 Å².